The van der Waals surface area contributed by atoms with Crippen LogP contribution in [0.4, 0.5) is 11.6 Å². The number of pyridine rings is 1. The van der Waals surface area contributed by atoms with E-state index in [-0.39, 0.29) is 5.91 Å². The summed E-state index contributed by atoms with van der Waals surface area (Å²) in [5, 5.41) is 7.76. The summed E-state index contributed by atoms with van der Waals surface area (Å²) < 4.78 is 1.31. The molecular weight excluding hydrogens is 388 g/mol. The molecule has 0 fully saturated rings. The van der Waals surface area contributed by atoms with Gasteiger partial charge in [0.05, 0.1) is 5.56 Å². The maximum Gasteiger partial charge on any atom is 0.282 e. The number of anilines is 2. The number of aryl methyl sites for hydroxylation is 1. The number of nitrogens with one attached hydrogen (secondary N) is 1. The first-order valence-electron chi connectivity index (χ1n) is 10.0. The molecule has 0 aliphatic rings. The van der Waals surface area contributed by atoms with E-state index in [0.29, 0.717) is 23.9 Å². The van der Waals surface area contributed by atoms with Crippen molar-refractivity contribution in [3.05, 3.63) is 89.7 Å². The molecule has 0 saturated heterocycles. The molecule has 4 aromatic rings. The van der Waals surface area contributed by atoms with E-state index in [1.54, 1.807) is 18.3 Å². The summed E-state index contributed by atoms with van der Waals surface area (Å²) in [7, 11) is 4.01. The Kier molecular flexibility index (Phi) is 5.75. The first-order valence-corrected chi connectivity index (χ1v) is 10.0. The minimum atomic E-state index is -0.288. The lowest BCUT2D eigenvalue weighted by Gasteiger charge is -2.13. The second-order valence-corrected chi connectivity index (χ2v) is 7.50. The SMILES string of the molecule is Cc1ccc(-c2nc(NCc3ccc(N(C)C)cc3)n(C(=O)c3cccnc3)n2)cc1. The third-order valence-electron chi connectivity index (χ3n) is 4.92. The van der Waals surface area contributed by atoms with E-state index < -0.39 is 0 Å². The quantitative estimate of drug-likeness (QED) is 0.516. The standard InChI is InChI=1S/C24H24N6O/c1-17-6-10-19(11-7-17)22-27-24(26-15-18-8-12-21(13-9-18)29(2)3)30(28-22)23(31)20-5-4-14-25-16-20/h4-14,16H,15H2,1-3H3,(H,26,27,28). The van der Waals surface area contributed by atoms with Gasteiger partial charge in [-0.2, -0.15) is 9.67 Å². The number of carbonyl (C=O) groups is 1. The number of nitrogens with zero attached hydrogens (tertiary/aromatic N) is 5. The van der Waals surface area contributed by atoms with E-state index in [1.165, 1.54) is 10.9 Å². The van der Waals surface area contributed by atoms with Crippen molar-refractivity contribution in [2.24, 2.45) is 0 Å². The van der Waals surface area contributed by atoms with Crippen molar-refractivity contribution in [1.29, 1.82) is 0 Å². The summed E-state index contributed by atoms with van der Waals surface area (Å²) in [6, 6.07) is 19.5. The van der Waals surface area contributed by atoms with Crippen molar-refractivity contribution < 1.29 is 4.79 Å². The molecule has 2 heterocycles. The summed E-state index contributed by atoms with van der Waals surface area (Å²) in [6.07, 6.45) is 3.16. The van der Waals surface area contributed by atoms with Crippen LogP contribution in [0.3, 0.4) is 0 Å². The Labute approximate surface area is 181 Å². The number of hydrogen-bond acceptors (Lipinski definition) is 6. The molecule has 1 N–H and O–H groups in total. The van der Waals surface area contributed by atoms with Gasteiger partial charge >= 0.3 is 0 Å². The van der Waals surface area contributed by atoms with Gasteiger partial charge in [-0.15, -0.1) is 5.10 Å². The maximum atomic E-state index is 13.1. The lowest BCUT2D eigenvalue weighted by Crippen LogP contribution is -2.17. The van der Waals surface area contributed by atoms with Gasteiger partial charge in [0.15, 0.2) is 5.82 Å². The number of aromatic nitrogens is 4. The van der Waals surface area contributed by atoms with Crippen LogP contribution in [-0.2, 0) is 6.54 Å². The van der Waals surface area contributed by atoms with Crippen LogP contribution in [0.1, 0.15) is 21.5 Å². The molecule has 0 aliphatic heterocycles. The number of hydrogen-bond donors (Lipinski definition) is 1. The van der Waals surface area contributed by atoms with Gasteiger partial charge in [-0.1, -0.05) is 42.0 Å². The smallest absolute Gasteiger partial charge is 0.282 e. The Morgan fingerprint density at radius 3 is 2.42 bits per heavy atom. The van der Waals surface area contributed by atoms with Gasteiger partial charge in [0.25, 0.3) is 5.91 Å². The molecule has 0 amide bonds. The molecule has 31 heavy (non-hydrogen) atoms. The van der Waals surface area contributed by atoms with E-state index in [1.807, 2.05) is 62.3 Å². The minimum absolute atomic E-state index is 0.288. The second-order valence-electron chi connectivity index (χ2n) is 7.50. The predicted octanol–water partition coefficient (Wildman–Crippen LogP) is 4.02. The first kappa shape index (κ1) is 20.3. The predicted molar refractivity (Wildman–Crippen MR) is 122 cm³/mol. The first-order chi connectivity index (χ1) is 15.0. The van der Waals surface area contributed by atoms with E-state index in [4.69, 9.17) is 0 Å². The fraction of sp³-hybridized carbons (Fsp3) is 0.167. The van der Waals surface area contributed by atoms with Crippen LogP contribution in [-0.4, -0.2) is 39.8 Å². The van der Waals surface area contributed by atoms with E-state index in [9.17, 15) is 4.79 Å². The Balaban J connectivity index is 1.64. The monoisotopic (exact) mass is 412 g/mol. The van der Waals surface area contributed by atoms with Crippen LogP contribution in [0.2, 0.25) is 0 Å². The molecule has 2 aromatic heterocycles. The summed E-state index contributed by atoms with van der Waals surface area (Å²) >= 11 is 0. The van der Waals surface area contributed by atoms with E-state index in [2.05, 4.69) is 32.5 Å². The third-order valence-corrected chi connectivity index (χ3v) is 4.92. The lowest BCUT2D eigenvalue weighted by molar-refractivity contribution is 0.0947. The molecule has 2 aromatic carbocycles. The molecule has 0 unspecified atom stereocenters. The second kappa shape index (κ2) is 8.79. The van der Waals surface area contributed by atoms with Gasteiger partial charge < -0.3 is 10.2 Å². The molecule has 0 spiro atoms. The molecule has 0 aliphatic carbocycles. The molecule has 0 bridgehead atoms. The highest BCUT2D eigenvalue weighted by Gasteiger charge is 2.19. The average Bonchev–Trinajstić information content (AvgIpc) is 3.22. The highest BCUT2D eigenvalue weighted by atomic mass is 16.2. The van der Waals surface area contributed by atoms with Crippen LogP contribution in [0.15, 0.2) is 73.1 Å². The van der Waals surface area contributed by atoms with Crippen molar-refractivity contribution in [1.82, 2.24) is 19.7 Å². The molecule has 0 radical (unpaired) electrons. The Hall–Kier alpha value is -4.00. The maximum absolute atomic E-state index is 13.1. The molecule has 0 saturated carbocycles. The molecular formula is C24H24N6O. The van der Waals surface area contributed by atoms with Gasteiger partial charge in [-0.25, -0.2) is 0 Å². The zero-order valence-corrected chi connectivity index (χ0v) is 17.8. The molecule has 4 rings (SSSR count). The van der Waals surface area contributed by atoms with Gasteiger partial charge in [0.1, 0.15) is 0 Å². The molecule has 156 valence electrons. The average molecular weight is 412 g/mol. The van der Waals surface area contributed by atoms with Crippen LogP contribution in [0, 0.1) is 6.92 Å². The van der Waals surface area contributed by atoms with Crippen molar-refractivity contribution in [2.75, 3.05) is 24.3 Å². The van der Waals surface area contributed by atoms with Crippen molar-refractivity contribution in [2.45, 2.75) is 13.5 Å². The van der Waals surface area contributed by atoms with Crippen molar-refractivity contribution >= 4 is 17.5 Å². The highest BCUT2D eigenvalue weighted by Crippen LogP contribution is 2.20. The fourth-order valence-corrected chi connectivity index (χ4v) is 3.10. The van der Waals surface area contributed by atoms with Crippen molar-refractivity contribution in [3.63, 3.8) is 0 Å². The lowest BCUT2D eigenvalue weighted by atomic mass is 10.1. The zero-order valence-electron chi connectivity index (χ0n) is 17.8. The van der Waals surface area contributed by atoms with Gasteiger partial charge in [0.2, 0.25) is 5.95 Å². The zero-order chi connectivity index (χ0) is 21.8. The van der Waals surface area contributed by atoms with Crippen LogP contribution >= 0.6 is 0 Å². The van der Waals surface area contributed by atoms with Crippen LogP contribution < -0.4 is 10.2 Å². The fourth-order valence-electron chi connectivity index (χ4n) is 3.10. The van der Waals surface area contributed by atoms with E-state index >= 15 is 0 Å². The molecule has 7 nitrogen and oxygen atoms in total. The van der Waals surface area contributed by atoms with Gasteiger partial charge in [-0.3, -0.25) is 9.78 Å². The summed E-state index contributed by atoms with van der Waals surface area (Å²) in [6.45, 7) is 2.54. The Bertz CT molecular complexity index is 1170. The minimum Gasteiger partial charge on any atom is -0.378 e. The number of carbonyl (C=O) groups excluding carboxylic acids is 1. The third kappa shape index (κ3) is 4.61. The Morgan fingerprint density at radius 2 is 1.77 bits per heavy atom. The van der Waals surface area contributed by atoms with Crippen LogP contribution in [0.5, 0.6) is 0 Å². The highest BCUT2D eigenvalue weighted by molar-refractivity contribution is 5.96. The normalized spacial score (nSPS) is 10.7. The van der Waals surface area contributed by atoms with E-state index in [0.717, 1.165) is 22.4 Å². The van der Waals surface area contributed by atoms with Crippen molar-refractivity contribution in [3.8, 4) is 11.4 Å². The van der Waals surface area contributed by atoms with Gasteiger partial charge in [-0.05, 0) is 36.8 Å². The summed E-state index contributed by atoms with van der Waals surface area (Å²) in [5.74, 6) is 0.591. The Morgan fingerprint density at radius 1 is 1.03 bits per heavy atom. The van der Waals surface area contributed by atoms with Gasteiger partial charge in [0, 0.05) is 44.3 Å². The summed E-state index contributed by atoms with van der Waals surface area (Å²) in [5.41, 5.74) is 4.64. The summed E-state index contributed by atoms with van der Waals surface area (Å²) in [4.78, 5) is 23.8. The molecule has 7 heteroatoms. The van der Waals surface area contributed by atoms with Crippen LogP contribution in [0.25, 0.3) is 11.4 Å². The molecule has 0 atom stereocenters. The topological polar surface area (TPSA) is 75.9 Å². The largest absolute Gasteiger partial charge is 0.378 e. The number of rotatable bonds is 6. The number of benzene rings is 2.